The van der Waals surface area contributed by atoms with Gasteiger partial charge in [-0.05, 0) is 26.9 Å². The Morgan fingerprint density at radius 2 is 1.83 bits per heavy atom. The molecular formula is C13H24N4S. The SMILES string of the molecule is CCN(CC)CCSc1nc(C)nc(NC)c1C. The van der Waals surface area contributed by atoms with E-state index in [1.54, 1.807) is 0 Å². The van der Waals surface area contributed by atoms with E-state index in [2.05, 4.69) is 41.0 Å². The number of thioether (sulfide) groups is 1. The molecule has 102 valence electrons. The Balaban J connectivity index is 2.64. The summed E-state index contributed by atoms with van der Waals surface area (Å²) in [6, 6.07) is 0. The van der Waals surface area contributed by atoms with Crippen LogP contribution < -0.4 is 5.32 Å². The number of nitrogens with zero attached hydrogens (tertiary/aromatic N) is 3. The molecule has 0 aromatic carbocycles. The Kier molecular flexibility index (Phi) is 6.43. The van der Waals surface area contributed by atoms with E-state index in [4.69, 9.17) is 0 Å². The van der Waals surface area contributed by atoms with Crippen LogP contribution in [0.2, 0.25) is 0 Å². The van der Waals surface area contributed by atoms with Gasteiger partial charge in [-0.2, -0.15) is 0 Å². The summed E-state index contributed by atoms with van der Waals surface area (Å²) in [5.74, 6) is 2.84. The van der Waals surface area contributed by atoms with E-state index >= 15 is 0 Å². The number of nitrogens with one attached hydrogen (secondary N) is 1. The van der Waals surface area contributed by atoms with Crippen molar-refractivity contribution in [2.45, 2.75) is 32.7 Å². The van der Waals surface area contributed by atoms with E-state index in [1.807, 2.05) is 25.7 Å². The van der Waals surface area contributed by atoms with Crippen LogP contribution in [-0.4, -0.2) is 47.3 Å². The normalized spacial score (nSPS) is 11.0. The summed E-state index contributed by atoms with van der Waals surface area (Å²) in [4.78, 5) is 11.3. The number of rotatable bonds is 7. The lowest BCUT2D eigenvalue weighted by Gasteiger charge is -2.17. The van der Waals surface area contributed by atoms with Gasteiger partial charge in [0.05, 0.1) is 0 Å². The molecular weight excluding hydrogens is 244 g/mol. The summed E-state index contributed by atoms with van der Waals surface area (Å²) in [6.45, 7) is 11.7. The molecule has 0 bridgehead atoms. The second-order valence-corrected chi connectivity index (χ2v) is 5.26. The summed E-state index contributed by atoms with van der Waals surface area (Å²) in [7, 11) is 1.90. The van der Waals surface area contributed by atoms with Gasteiger partial charge >= 0.3 is 0 Å². The number of hydrogen-bond donors (Lipinski definition) is 1. The molecule has 1 heterocycles. The standard InChI is InChI=1S/C13H24N4S/c1-6-17(7-2)8-9-18-13-10(3)12(14-5)15-11(4)16-13/h6-9H2,1-5H3,(H,14,15,16). The highest BCUT2D eigenvalue weighted by Crippen LogP contribution is 2.24. The van der Waals surface area contributed by atoms with Gasteiger partial charge in [0.2, 0.25) is 0 Å². The topological polar surface area (TPSA) is 41.1 Å². The fourth-order valence-corrected chi connectivity index (χ4v) is 2.85. The van der Waals surface area contributed by atoms with Crippen molar-refractivity contribution >= 4 is 17.6 Å². The Labute approximate surface area is 115 Å². The summed E-state index contributed by atoms with van der Waals surface area (Å²) >= 11 is 1.82. The van der Waals surface area contributed by atoms with Gasteiger partial charge in [0.1, 0.15) is 16.7 Å². The zero-order chi connectivity index (χ0) is 13.5. The lowest BCUT2D eigenvalue weighted by atomic mass is 10.3. The molecule has 0 spiro atoms. The highest BCUT2D eigenvalue weighted by Gasteiger charge is 2.09. The summed E-state index contributed by atoms with van der Waals surface area (Å²) in [6.07, 6.45) is 0. The van der Waals surface area contributed by atoms with Crippen molar-refractivity contribution in [2.24, 2.45) is 0 Å². The van der Waals surface area contributed by atoms with Gasteiger partial charge in [0.25, 0.3) is 0 Å². The zero-order valence-corrected chi connectivity index (χ0v) is 12.9. The quantitative estimate of drug-likeness (QED) is 0.608. The third-order valence-corrected chi connectivity index (χ3v) is 4.05. The minimum absolute atomic E-state index is 0.829. The maximum Gasteiger partial charge on any atom is 0.133 e. The van der Waals surface area contributed by atoms with Crippen molar-refractivity contribution in [3.8, 4) is 0 Å². The van der Waals surface area contributed by atoms with E-state index in [1.165, 1.54) is 0 Å². The van der Waals surface area contributed by atoms with Crippen molar-refractivity contribution in [3.63, 3.8) is 0 Å². The van der Waals surface area contributed by atoms with Gasteiger partial charge in [-0.1, -0.05) is 13.8 Å². The fourth-order valence-electron chi connectivity index (χ4n) is 1.80. The first kappa shape index (κ1) is 15.2. The lowest BCUT2D eigenvalue weighted by molar-refractivity contribution is 0.324. The lowest BCUT2D eigenvalue weighted by Crippen LogP contribution is -2.25. The molecule has 0 unspecified atom stereocenters. The van der Waals surface area contributed by atoms with Crippen LogP contribution in [-0.2, 0) is 0 Å². The Hall–Kier alpha value is -0.810. The van der Waals surface area contributed by atoms with E-state index in [9.17, 15) is 0 Å². The first-order valence-electron chi connectivity index (χ1n) is 6.50. The molecule has 0 aliphatic rings. The molecule has 0 aliphatic heterocycles. The minimum Gasteiger partial charge on any atom is -0.373 e. The van der Waals surface area contributed by atoms with Crippen LogP contribution in [0.5, 0.6) is 0 Å². The molecule has 1 N–H and O–H groups in total. The highest BCUT2D eigenvalue weighted by molar-refractivity contribution is 7.99. The van der Waals surface area contributed by atoms with Crippen molar-refractivity contribution < 1.29 is 0 Å². The molecule has 18 heavy (non-hydrogen) atoms. The number of anilines is 1. The Bertz CT molecular complexity index is 377. The predicted octanol–water partition coefficient (Wildman–Crippen LogP) is 2.57. The molecule has 1 aromatic rings. The van der Waals surface area contributed by atoms with Crippen LogP contribution in [0.1, 0.15) is 25.2 Å². The van der Waals surface area contributed by atoms with Crippen LogP contribution in [0.25, 0.3) is 0 Å². The molecule has 0 atom stereocenters. The first-order valence-corrected chi connectivity index (χ1v) is 7.49. The van der Waals surface area contributed by atoms with Crippen molar-refractivity contribution in [2.75, 3.05) is 37.8 Å². The van der Waals surface area contributed by atoms with Crippen LogP contribution in [0, 0.1) is 13.8 Å². The number of aromatic nitrogens is 2. The molecule has 0 radical (unpaired) electrons. The molecule has 4 nitrogen and oxygen atoms in total. The van der Waals surface area contributed by atoms with E-state index < -0.39 is 0 Å². The van der Waals surface area contributed by atoms with Crippen LogP contribution in [0.4, 0.5) is 5.82 Å². The monoisotopic (exact) mass is 268 g/mol. The zero-order valence-electron chi connectivity index (χ0n) is 12.1. The van der Waals surface area contributed by atoms with Gasteiger partial charge in [0.15, 0.2) is 0 Å². The summed E-state index contributed by atoms with van der Waals surface area (Å²) in [5, 5.41) is 4.22. The maximum absolute atomic E-state index is 4.52. The van der Waals surface area contributed by atoms with E-state index in [0.29, 0.717) is 0 Å². The summed E-state index contributed by atoms with van der Waals surface area (Å²) in [5.41, 5.74) is 1.15. The molecule has 0 fully saturated rings. The highest BCUT2D eigenvalue weighted by atomic mass is 32.2. The van der Waals surface area contributed by atoms with Gasteiger partial charge in [-0.15, -0.1) is 11.8 Å². The third kappa shape index (κ3) is 4.14. The fraction of sp³-hybridized carbons (Fsp3) is 0.692. The van der Waals surface area contributed by atoms with Crippen molar-refractivity contribution in [3.05, 3.63) is 11.4 Å². The van der Waals surface area contributed by atoms with Crippen LogP contribution >= 0.6 is 11.8 Å². The smallest absolute Gasteiger partial charge is 0.133 e. The van der Waals surface area contributed by atoms with Crippen LogP contribution in [0.15, 0.2) is 5.03 Å². The largest absolute Gasteiger partial charge is 0.373 e. The summed E-state index contributed by atoms with van der Waals surface area (Å²) < 4.78 is 0. The molecule has 0 saturated carbocycles. The maximum atomic E-state index is 4.52. The molecule has 0 aliphatic carbocycles. The van der Waals surface area contributed by atoms with Gasteiger partial charge in [-0.3, -0.25) is 0 Å². The van der Waals surface area contributed by atoms with E-state index in [-0.39, 0.29) is 0 Å². The number of hydrogen-bond acceptors (Lipinski definition) is 5. The van der Waals surface area contributed by atoms with Gasteiger partial charge < -0.3 is 10.2 Å². The van der Waals surface area contributed by atoms with Crippen molar-refractivity contribution in [1.82, 2.24) is 14.9 Å². The molecule has 5 heteroatoms. The molecule has 1 rings (SSSR count). The minimum atomic E-state index is 0.829. The first-order chi connectivity index (χ1) is 8.62. The predicted molar refractivity (Wildman–Crippen MR) is 79.6 cm³/mol. The molecule has 0 saturated heterocycles. The molecule has 1 aromatic heterocycles. The average molecular weight is 268 g/mol. The van der Waals surface area contributed by atoms with Crippen molar-refractivity contribution in [1.29, 1.82) is 0 Å². The molecule has 0 amide bonds. The van der Waals surface area contributed by atoms with Gasteiger partial charge in [0, 0.05) is 24.9 Å². The van der Waals surface area contributed by atoms with Crippen LogP contribution in [0.3, 0.4) is 0 Å². The second-order valence-electron chi connectivity index (χ2n) is 4.17. The Morgan fingerprint density at radius 1 is 1.17 bits per heavy atom. The Morgan fingerprint density at radius 3 is 2.39 bits per heavy atom. The van der Waals surface area contributed by atoms with E-state index in [0.717, 1.165) is 47.6 Å². The van der Waals surface area contributed by atoms with Gasteiger partial charge in [-0.25, -0.2) is 9.97 Å². The number of aryl methyl sites for hydroxylation is 1. The average Bonchev–Trinajstić information content (AvgIpc) is 2.38. The second kappa shape index (κ2) is 7.59. The third-order valence-electron chi connectivity index (χ3n) is 2.99.